The molecule has 5 heteroatoms. The minimum atomic E-state index is -0.480. The quantitative estimate of drug-likeness (QED) is 0.647. The second-order valence-electron chi connectivity index (χ2n) is 5.01. The van der Waals surface area contributed by atoms with Crippen molar-refractivity contribution in [3.05, 3.63) is 69.8 Å². The van der Waals surface area contributed by atoms with Gasteiger partial charge in [-0.1, -0.05) is 24.3 Å². The molecule has 0 aliphatic carbocycles. The van der Waals surface area contributed by atoms with E-state index in [-0.39, 0.29) is 11.7 Å². The van der Waals surface area contributed by atoms with Crippen molar-refractivity contribution < 1.29 is 10.0 Å². The third-order valence-corrected chi connectivity index (χ3v) is 3.38. The summed E-state index contributed by atoms with van der Waals surface area (Å²) in [6, 6.07) is 14.1. The number of benzene rings is 2. The van der Waals surface area contributed by atoms with Crippen molar-refractivity contribution in [2.45, 2.75) is 26.0 Å². The number of nitrogens with one attached hydrogen (secondary N) is 1. The van der Waals surface area contributed by atoms with E-state index in [0.29, 0.717) is 0 Å². The lowest BCUT2D eigenvalue weighted by molar-refractivity contribution is -0.384. The zero-order chi connectivity index (χ0) is 15.4. The van der Waals surface area contributed by atoms with Gasteiger partial charge in [-0.3, -0.25) is 10.1 Å². The maximum atomic E-state index is 10.6. The summed E-state index contributed by atoms with van der Waals surface area (Å²) < 4.78 is 0. The van der Waals surface area contributed by atoms with E-state index in [2.05, 4.69) is 5.32 Å². The van der Waals surface area contributed by atoms with Gasteiger partial charge in [-0.15, -0.1) is 0 Å². The molecule has 2 rings (SSSR count). The first-order valence-electron chi connectivity index (χ1n) is 6.76. The van der Waals surface area contributed by atoms with Crippen LogP contribution < -0.4 is 5.32 Å². The Morgan fingerprint density at radius 1 is 1.00 bits per heavy atom. The largest absolute Gasteiger partial charge is 0.389 e. The molecule has 2 atom stereocenters. The number of anilines is 1. The predicted molar refractivity (Wildman–Crippen MR) is 82.2 cm³/mol. The summed E-state index contributed by atoms with van der Waals surface area (Å²) in [4.78, 5) is 10.2. The van der Waals surface area contributed by atoms with Gasteiger partial charge in [-0.05, 0) is 37.1 Å². The van der Waals surface area contributed by atoms with Crippen LogP contribution in [0.1, 0.15) is 37.1 Å². The van der Waals surface area contributed by atoms with E-state index in [1.165, 1.54) is 12.1 Å². The number of aliphatic hydroxyl groups is 1. The number of hydrogen-bond acceptors (Lipinski definition) is 4. The molecule has 5 nitrogen and oxygen atoms in total. The number of non-ortho nitro benzene ring substituents is 1. The zero-order valence-electron chi connectivity index (χ0n) is 12.0. The third-order valence-electron chi connectivity index (χ3n) is 3.38. The van der Waals surface area contributed by atoms with Crippen molar-refractivity contribution in [1.82, 2.24) is 0 Å². The van der Waals surface area contributed by atoms with Crippen molar-refractivity contribution in [2.75, 3.05) is 5.32 Å². The Hall–Kier alpha value is -2.40. The average Bonchev–Trinajstić information content (AvgIpc) is 2.47. The molecular formula is C16H18N2O3. The highest BCUT2D eigenvalue weighted by molar-refractivity contribution is 5.47. The summed E-state index contributed by atoms with van der Waals surface area (Å²) in [5, 5.41) is 23.4. The molecule has 2 N–H and O–H groups in total. The summed E-state index contributed by atoms with van der Waals surface area (Å²) in [6.07, 6.45) is -0.480. The first-order valence-corrected chi connectivity index (χ1v) is 6.76. The van der Waals surface area contributed by atoms with Crippen LogP contribution in [0.3, 0.4) is 0 Å². The van der Waals surface area contributed by atoms with Gasteiger partial charge < -0.3 is 10.4 Å². The Kier molecular flexibility index (Phi) is 4.55. The Balaban J connectivity index is 2.06. The van der Waals surface area contributed by atoms with Crippen LogP contribution in [0, 0.1) is 10.1 Å². The molecule has 0 saturated heterocycles. The van der Waals surface area contributed by atoms with Crippen LogP contribution in [-0.2, 0) is 0 Å². The van der Waals surface area contributed by atoms with E-state index < -0.39 is 11.0 Å². The normalized spacial score (nSPS) is 13.5. The zero-order valence-corrected chi connectivity index (χ0v) is 12.0. The fourth-order valence-electron chi connectivity index (χ4n) is 2.08. The number of nitrogens with zero attached hydrogens (tertiary/aromatic N) is 1. The van der Waals surface area contributed by atoms with Crippen LogP contribution in [0.25, 0.3) is 0 Å². The molecule has 2 unspecified atom stereocenters. The molecule has 0 aromatic heterocycles. The van der Waals surface area contributed by atoms with Gasteiger partial charge in [0, 0.05) is 23.9 Å². The van der Waals surface area contributed by atoms with Gasteiger partial charge >= 0.3 is 0 Å². The van der Waals surface area contributed by atoms with Crippen LogP contribution >= 0.6 is 0 Å². The van der Waals surface area contributed by atoms with Crippen molar-refractivity contribution in [1.29, 1.82) is 0 Å². The van der Waals surface area contributed by atoms with E-state index in [0.717, 1.165) is 16.8 Å². The Bertz CT molecular complexity index is 606. The summed E-state index contributed by atoms with van der Waals surface area (Å²) >= 11 is 0. The van der Waals surface area contributed by atoms with Gasteiger partial charge in [0.15, 0.2) is 0 Å². The molecule has 0 radical (unpaired) electrons. The Labute approximate surface area is 123 Å². The lowest BCUT2D eigenvalue weighted by Crippen LogP contribution is -2.06. The Morgan fingerprint density at radius 3 is 2.00 bits per heavy atom. The molecule has 0 spiro atoms. The van der Waals surface area contributed by atoms with Crippen LogP contribution in [-0.4, -0.2) is 10.0 Å². The maximum absolute atomic E-state index is 10.6. The minimum Gasteiger partial charge on any atom is -0.389 e. The highest BCUT2D eigenvalue weighted by Gasteiger charge is 2.09. The van der Waals surface area contributed by atoms with E-state index in [4.69, 9.17) is 0 Å². The number of aliphatic hydroxyl groups excluding tert-OH is 1. The summed E-state index contributed by atoms with van der Waals surface area (Å²) in [7, 11) is 0. The highest BCUT2D eigenvalue weighted by Crippen LogP contribution is 2.23. The molecule has 0 heterocycles. The van der Waals surface area contributed by atoms with Crippen LogP contribution in [0.5, 0.6) is 0 Å². The number of rotatable bonds is 5. The number of nitro groups is 1. The van der Waals surface area contributed by atoms with Crippen LogP contribution in [0.4, 0.5) is 11.4 Å². The SMILES string of the molecule is CC(O)c1ccc(NC(C)c2ccc([N+](=O)[O-])cc2)cc1. The van der Waals surface area contributed by atoms with Gasteiger partial charge in [0.1, 0.15) is 0 Å². The Morgan fingerprint density at radius 2 is 1.52 bits per heavy atom. The highest BCUT2D eigenvalue weighted by atomic mass is 16.6. The van der Waals surface area contributed by atoms with Crippen molar-refractivity contribution in [3.8, 4) is 0 Å². The smallest absolute Gasteiger partial charge is 0.269 e. The molecule has 2 aromatic carbocycles. The maximum Gasteiger partial charge on any atom is 0.269 e. The molecule has 0 saturated carbocycles. The predicted octanol–water partition coefficient (Wildman–Crippen LogP) is 3.82. The van der Waals surface area contributed by atoms with Gasteiger partial charge in [0.25, 0.3) is 5.69 Å². The topological polar surface area (TPSA) is 75.4 Å². The monoisotopic (exact) mass is 286 g/mol. The van der Waals surface area contributed by atoms with E-state index in [9.17, 15) is 15.2 Å². The average molecular weight is 286 g/mol. The molecule has 0 aliphatic heterocycles. The van der Waals surface area contributed by atoms with E-state index >= 15 is 0 Å². The first-order chi connectivity index (χ1) is 9.97. The van der Waals surface area contributed by atoms with Gasteiger partial charge in [0.2, 0.25) is 0 Å². The first kappa shape index (κ1) is 15.0. The number of hydrogen-bond donors (Lipinski definition) is 2. The fourth-order valence-corrected chi connectivity index (χ4v) is 2.08. The van der Waals surface area contributed by atoms with E-state index in [1.807, 2.05) is 31.2 Å². The second kappa shape index (κ2) is 6.37. The lowest BCUT2D eigenvalue weighted by atomic mass is 10.1. The molecule has 21 heavy (non-hydrogen) atoms. The summed E-state index contributed by atoms with van der Waals surface area (Å²) in [5.74, 6) is 0. The standard InChI is InChI=1S/C16H18N2O3/c1-11(13-5-9-16(10-6-13)18(20)21)17-15-7-3-14(4-8-15)12(2)19/h3-12,17,19H,1-2H3. The van der Waals surface area contributed by atoms with Crippen molar-refractivity contribution >= 4 is 11.4 Å². The molecule has 0 fully saturated rings. The lowest BCUT2D eigenvalue weighted by Gasteiger charge is -2.16. The van der Waals surface area contributed by atoms with Crippen LogP contribution in [0.15, 0.2) is 48.5 Å². The third kappa shape index (κ3) is 3.79. The van der Waals surface area contributed by atoms with Crippen molar-refractivity contribution in [2.24, 2.45) is 0 Å². The van der Waals surface area contributed by atoms with Crippen LogP contribution in [0.2, 0.25) is 0 Å². The van der Waals surface area contributed by atoms with Crippen molar-refractivity contribution in [3.63, 3.8) is 0 Å². The molecule has 0 amide bonds. The summed E-state index contributed by atoms with van der Waals surface area (Å²) in [6.45, 7) is 3.71. The molecular weight excluding hydrogens is 268 g/mol. The fraction of sp³-hybridized carbons (Fsp3) is 0.250. The second-order valence-corrected chi connectivity index (χ2v) is 5.01. The van der Waals surface area contributed by atoms with E-state index in [1.54, 1.807) is 19.1 Å². The summed E-state index contributed by atoms with van der Waals surface area (Å²) in [5.41, 5.74) is 2.86. The number of nitro benzene ring substituents is 1. The molecule has 0 bridgehead atoms. The minimum absolute atomic E-state index is 0.0307. The van der Waals surface area contributed by atoms with Gasteiger partial charge in [-0.2, -0.15) is 0 Å². The molecule has 110 valence electrons. The van der Waals surface area contributed by atoms with Gasteiger partial charge in [-0.25, -0.2) is 0 Å². The molecule has 2 aromatic rings. The molecule has 0 aliphatic rings. The van der Waals surface area contributed by atoms with Gasteiger partial charge in [0.05, 0.1) is 11.0 Å².